The van der Waals surface area contributed by atoms with Gasteiger partial charge in [-0.05, 0) is 94.5 Å². The van der Waals surface area contributed by atoms with Crippen LogP contribution in [-0.4, -0.2) is 56.3 Å². The van der Waals surface area contributed by atoms with Crippen molar-refractivity contribution in [3.05, 3.63) is 98.3 Å². The number of hydrogen-bond acceptors (Lipinski definition) is 6. The quantitative estimate of drug-likeness (QED) is 0.147. The van der Waals surface area contributed by atoms with Crippen molar-refractivity contribution in [2.24, 2.45) is 7.05 Å². The number of rotatable bonds is 9. The Kier molecular flexibility index (Phi) is 9.17. The van der Waals surface area contributed by atoms with Crippen LogP contribution in [0.25, 0.3) is 32.9 Å². The summed E-state index contributed by atoms with van der Waals surface area (Å²) in [4.78, 5) is 38.1. The standard InChI is InChI=1S/C40H39Cl2N5O5/c1-20-13-27(14-21(2)35(20)42)52-12-8-9-28-29-10-11-30(41)34(33-23(4)43-19-44-24(33)5)37(29)47-22(3)18-46(39(48)38(28)47)31-17-26(51-7)15-25-16-32(40(49)50)45(6)36(25)31/h10-11,13-17,19,22H,8-9,12,18H2,1-7H3,(H,49,50)/t22-/m1/s1. The van der Waals surface area contributed by atoms with Crippen molar-refractivity contribution in [3.8, 4) is 22.6 Å². The van der Waals surface area contributed by atoms with Crippen molar-refractivity contribution in [2.75, 3.05) is 25.2 Å². The molecule has 0 unspecified atom stereocenters. The molecule has 7 rings (SSSR count). The lowest BCUT2D eigenvalue weighted by Crippen LogP contribution is -2.43. The van der Waals surface area contributed by atoms with Gasteiger partial charge in [-0.15, -0.1) is 0 Å². The molecule has 1 atom stereocenters. The maximum Gasteiger partial charge on any atom is 0.352 e. The molecular formula is C40H39Cl2N5O5. The first-order valence-electron chi connectivity index (χ1n) is 17.1. The summed E-state index contributed by atoms with van der Waals surface area (Å²) in [6.45, 7) is 10.6. The van der Waals surface area contributed by atoms with Crippen LogP contribution >= 0.6 is 23.2 Å². The number of aromatic carboxylic acids is 1. The third-order valence-electron chi connectivity index (χ3n) is 10.1. The number of halogens is 2. The molecule has 1 N–H and O–H groups in total. The molecule has 1 aliphatic heterocycles. The molecule has 3 aromatic heterocycles. The normalized spacial score (nSPS) is 14.4. The number of benzene rings is 3. The van der Waals surface area contributed by atoms with Crippen LogP contribution in [0.15, 0.2) is 48.8 Å². The molecular weight excluding hydrogens is 701 g/mol. The van der Waals surface area contributed by atoms with Crippen LogP contribution < -0.4 is 14.4 Å². The fraction of sp³-hybridized carbons (Fsp3) is 0.300. The van der Waals surface area contributed by atoms with Crippen LogP contribution in [0.3, 0.4) is 0 Å². The van der Waals surface area contributed by atoms with E-state index < -0.39 is 5.97 Å². The van der Waals surface area contributed by atoms with Crippen LogP contribution in [0.2, 0.25) is 10.0 Å². The summed E-state index contributed by atoms with van der Waals surface area (Å²) in [7, 11) is 3.26. The molecule has 52 heavy (non-hydrogen) atoms. The Morgan fingerprint density at radius 1 is 0.962 bits per heavy atom. The number of methoxy groups -OCH3 is 1. The molecule has 0 spiro atoms. The van der Waals surface area contributed by atoms with E-state index in [-0.39, 0.29) is 17.6 Å². The number of nitrogens with zero attached hydrogens (tertiary/aromatic N) is 5. The van der Waals surface area contributed by atoms with Crippen molar-refractivity contribution in [2.45, 2.75) is 53.5 Å². The van der Waals surface area contributed by atoms with E-state index in [4.69, 9.17) is 32.7 Å². The lowest BCUT2D eigenvalue weighted by Gasteiger charge is -2.35. The highest BCUT2D eigenvalue weighted by Gasteiger charge is 2.38. The number of aromatic nitrogens is 4. The first kappa shape index (κ1) is 35.3. The summed E-state index contributed by atoms with van der Waals surface area (Å²) in [6, 6.07) is 12.7. The largest absolute Gasteiger partial charge is 0.497 e. The second-order valence-corrected chi connectivity index (χ2v) is 14.3. The van der Waals surface area contributed by atoms with Crippen LogP contribution in [0.4, 0.5) is 5.69 Å². The van der Waals surface area contributed by atoms with Gasteiger partial charge in [-0.1, -0.05) is 29.3 Å². The van der Waals surface area contributed by atoms with E-state index in [2.05, 4.69) is 21.5 Å². The summed E-state index contributed by atoms with van der Waals surface area (Å²) < 4.78 is 15.6. The van der Waals surface area contributed by atoms with Gasteiger partial charge in [-0.3, -0.25) is 4.79 Å². The Morgan fingerprint density at radius 3 is 2.31 bits per heavy atom. The maximum absolute atomic E-state index is 15.1. The van der Waals surface area contributed by atoms with Crippen molar-refractivity contribution in [1.29, 1.82) is 0 Å². The lowest BCUT2D eigenvalue weighted by molar-refractivity contribution is 0.0687. The molecule has 10 nitrogen and oxygen atoms in total. The molecule has 1 amide bonds. The van der Waals surface area contributed by atoms with Gasteiger partial charge in [0.05, 0.1) is 35.5 Å². The third kappa shape index (κ3) is 5.74. The summed E-state index contributed by atoms with van der Waals surface area (Å²) >= 11 is 13.5. The zero-order valence-corrected chi connectivity index (χ0v) is 31.6. The number of hydrogen-bond donors (Lipinski definition) is 1. The molecule has 6 aromatic rings. The second kappa shape index (κ2) is 13.5. The molecule has 0 saturated heterocycles. The van der Waals surface area contributed by atoms with E-state index in [0.29, 0.717) is 59.0 Å². The van der Waals surface area contributed by atoms with Crippen molar-refractivity contribution in [1.82, 2.24) is 19.1 Å². The number of carboxylic acids is 1. The number of fused-ring (bicyclic) bond motifs is 4. The predicted octanol–water partition coefficient (Wildman–Crippen LogP) is 9.07. The average molecular weight is 741 g/mol. The monoisotopic (exact) mass is 739 g/mol. The zero-order chi connectivity index (χ0) is 37.2. The lowest BCUT2D eigenvalue weighted by atomic mass is 9.97. The number of aryl methyl sites for hydroxylation is 6. The topological polar surface area (TPSA) is 112 Å². The van der Waals surface area contributed by atoms with E-state index in [1.54, 1.807) is 48.2 Å². The minimum Gasteiger partial charge on any atom is -0.497 e. The van der Waals surface area contributed by atoms with Gasteiger partial charge in [-0.2, -0.15) is 0 Å². The van der Waals surface area contributed by atoms with Crippen LogP contribution in [0.5, 0.6) is 11.5 Å². The van der Waals surface area contributed by atoms with Crippen LogP contribution in [-0.2, 0) is 13.5 Å². The first-order chi connectivity index (χ1) is 24.8. The molecule has 3 aromatic carbocycles. The highest BCUT2D eigenvalue weighted by atomic mass is 35.5. The van der Waals surface area contributed by atoms with Gasteiger partial charge in [0, 0.05) is 64.0 Å². The zero-order valence-electron chi connectivity index (χ0n) is 30.1. The van der Waals surface area contributed by atoms with Crippen molar-refractivity contribution >= 4 is 62.6 Å². The Bertz CT molecular complexity index is 2410. The summed E-state index contributed by atoms with van der Waals surface area (Å²) in [5.74, 6) is -0.00347. The van der Waals surface area contributed by atoms with E-state index in [1.165, 1.54) is 0 Å². The molecule has 0 saturated carbocycles. The van der Waals surface area contributed by atoms with E-state index in [9.17, 15) is 9.90 Å². The van der Waals surface area contributed by atoms with Gasteiger partial charge in [0.15, 0.2) is 0 Å². The Labute approximate surface area is 311 Å². The molecule has 0 bridgehead atoms. The fourth-order valence-corrected chi connectivity index (χ4v) is 8.10. The van der Waals surface area contributed by atoms with E-state index in [0.717, 1.165) is 60.9 Å². The van der Waals surface area contributed by atoms with E-state index >= 15 is 4.79 Å². The maximum atomic E-state index is 15.1. The van der Waals surface area contributed by atoms with Gasteiger partial charge in [0.25, 0.3) is 5.91 Å². The Morgan fingerprint density at radius 2 is 1.65 bits per heavy atom. The highest BCUT2D eigenvalue weighted by Crippen LogP contribution is 2.46. The van der Waals surface area contributed by atoms with Gasteiger partial charge in [0.2, 0.25) is 0 Å². The van der Waals surface area contributed by atoms with Gasteiger partial charge in [0.1, 0.15) is 29.2 Å². The number of carboxylic acid groups (broad SMARTS) is 1. The first-order valence-corrected chi connectivity index (χ1v) is 17.8. The summed E-state index contributed by atoms with van der Waals surface area (Å²) in [5, 5.41) is 12.8. The van der Waals surface area contributed by atoms with Crippen LogP contribution in [0, 0.1) is 27.7 Å². The minimum atomic E-state index is -1.06. The molecule has 268 valence electrons. The number of carbonyl (C=O) groups excluding carboxylic acids is 1. The highest BCUT2D eigenvalue weighted by molar-refractivity contribution is 6.35. The number of amides is 1. The molecule has 4 heterocycles. The molecule has 0 radical (unpaired) electrons. The summed E-state index contributed by atoms with van der Waals surface area (Å²) in [6.07, 6.45) is 2.72. The number of ether oxygens (including phenoxy) is 2. The number of anilines is 1. The Balaban J connectivity index is 1.40. The van der Waals surface area contributed by atoms with E-state index in [1.807, 2.05) is 52.0 Å². The van der Waals surface area contributed by atoms with Crippen molar-refractivity contribution in [3.63, 3.8) is 0 Å². The predicted molar refractivity (Wildman–Crippen MR) is 205 cm³/mol. The third-order valence-corrected chi connectivity index (χ3v) is 11.0. The smallest absolute Gasteiger partial charge is 0.352 e. The van der Waals surface area contributed by atoms with Gasteiger partial charge < -0.3 is 28.6 Å². The van der Waals surface area contributed by atoms with Gasteiger partial charge >= 0.3 is 5.97 Å². The minimum absolute atomic E-state index is 0.109. The number of carbonyl (C=O) groups is 2. The van der Waals surface area contributed by atoms with Crippen LogP contribution in [0.1, 0.15) is 68.4 Å². The SMILES string of the molecule is COc1cc(N2C[C@@H](C)n3c(c(CCCOc4cc(C)c(Cl)c(C)c4)c4ccc(Cl)c(-c5c(C)ncnc5C)c43)C2=O)c2c(c1)cc(C(=O)O)n2C. The van der Waals surface area contributed by atoms with Crippen molar-refractivity contribution < 1.29 is 24.2 Å². The Hall–Kier alpha value is -5.06. The summed E-state index contributed by atoms with van der Waals surface area (Å²) in [5.41, 5.74) is 8.68. The van der Waals surface area contributed by atoms with Gasteiger partial charge in [-0.25, -0.2) is 14.8 Å². The molecule has 12 heteroatoms. The molecule has 0 fully saturated rings. The fourth-order valence-electron chi connectivity index (χ4n) is 7.74. The molecule has 0 aliphatic carbocycles. The molecule has 1 aliphatic rings. The average Bonchev–Trinajstić information content (AvgIpc) is 3.62. The second-order valence-electron chi connectivity index (χ2n) is 13.5.